The standard InChI is InChI=1S/C10H13N3O3/c11-2-1-8(15)9(16)6-3-7(5-14)10(12)13-4-6/h3-4,8-9,14-16H,1,5H2,(H2,12,13). The zero-order valence-electron chi connectivity index (χ0n) is 8.54. The lowest BCUT2D eigenvalue weighted by Crippen LogP contribution is -2.18. The molecule has 0 aliphatic carbocycles. The lowest BCUT2D eigenvalue weighted by Gasteiger charge is -2.16. The van der Waals surface area contributed by atoms with E-state index >= 15 is 0 Å². The van der Waals surface area contributed by atoms with Crippen LogP contribution in [0.4, 0.5) is 5.82 Å². The Bertz CT molecular complexity index is 403. The van der Waals surface area contributed by atoms with E-state index in [-0.39, 0.29) is 18.8 Å². The highest BCUT2D eigenvalue weighted by atomic mass is 16.3. The number of aliphatic hydroxyl groups is 3. The Kier molecular flexibility index (Phi) is 4.19. The summed E-state index contributed by atoms with van der Waals surface area (Å²) in [5.74, 6) is 0.174. The number of aliphatic hydroxyl groups excluding tert-OH is 3. The topological polar surface area (TPSA) is 123 Å². The summed E-state index contributed by atoms with van der Waals surface area (Å²) in [6.45, 7) is -0.298. The van der Waals surface area contributed by atoms with E-state index in [0.29, 0.717) is 11.1 Å². The van der Waals surface area contributed by atoms with Gasteiger partial charge in [0.15, 0.2) is 0 Å². The predicted molar refractivity (Wildman–Crippen MR) is 55.8 cm³/mol. The zero-order chi connectivity index (χ0) is 12.1. The van der Waals surface area contributed by atoms with E-state index in [1.165, 1.54) is 12.3 Å². The molecule has 0 saturated carbocycles. The minimum Gasteiger partial charge on any atom is -0.392 e. The summed E-state index contributed by atoms with van der Waals surface area (Å²) in [6, 6.07) is 3.21. The smallest absolute Gasteiger partial charge is 0.128 e. The van der Waals surface area contributed by atoms with Crippen LogP contribution in [0.5, 0.6) is 0 Å². The molecule has 0 aliphatic rings. The Hall–Kier alpha value is -1.68. The van der Waals surface area contributed by atoms with E-state index in [1.807, 2.05) is 0 Å². The normalized spacial score (nSPS) is 14.1. The monoisotopic (exact) mass is 223 g/mol. The van der Waals surface area contributed by atoms with Gasteiger partial charge in [-0.25, -0.2) is 4.98 Å². The molecular formula is C10H13N3O3. The van der Waals surface area contributed by atoms with Gasteiger partial charge in [0.2, 0.25) is 0 Å². The number of anilines is 1. The van der Waals surface area contributed by atoms with E-state index in [1.54, 1.807) is 6.07 Å². The molecule has 1 heterocycles. The third kappa shape index (κ3) is 2.67. The molecule has 0 saturated heterocycles. The molecule has 0 aromatic carbocycles. The molecule has 1 aromatic rings. The Morgan fingerprint density at radius 2 is 2.19 bits per heavy atom. The van der Waals surface area contributed by atoms with Crippen molar-refractivity contribution in [3.05, 3.63) is 23.4 Å². The Morgan fingerprint density at radius 3 is 2.75 bits per heavy atom. The Balaban J connectivity index is 2.92. The lowest BCUT2D eigenvalue weighted by atomic mass is 10.0. The third-order valence-corrected chi connectivity index (χ3v) is 2.20. The fraction of sp³-hybridized carbons (Fsp3) is 0.400. The molecule has 0 fully saturated rings. The number of rotatable bonds is 4. The van der Waals surface area contributed by atoms with Gasteiger partial charge in [-0.1, -0.05) is 0 Å². The van der Waals surface area contributed by atoms with E-state index in [9.17, 15) is 10.2 Å². The summed E-state index contributed by atoms with van der Waals surface area (Å²) in [4.78, 5) is 3.78. The number of nitriles is 1. The van der Waals surface area contributed by atoms with Gasteiger partial charge in [-0.15, -0.1) is 0 Å². The molecule has 0 spiro atoms. The average Bonchev–Trinajstić information content (AvgIpc) is 2.29. The van der Waals surface area contributed by atoms with Crippen LogP contribution in [0.1, 0.15) is 23.7 Å². The van der Waals surface area contributed by atoms with Gasteiger partial charge < -0.3 is 21.1 Å². The second-order valence-corrected chi connectivity index (χ2v) is 3.35. The van der Waals surface area contributed by atoms with Gasteiger partial charge in [-0.05, 0) is 6.07 Å². The first-order valence-electron chi connectivity index (χ1n) is 4.68. The second kappa shape index (κ2) is 5.42. The molecule has 6 heteroatoms. The summed E-state index contributed by atoms with van der Waals surface area (Å²) in [5, 5.41) is 36.4. The molecular weight excluding hydrogens is 210 g/mol. The summed E-state index contributed by atoms with van der Waals surface area (Å²) in [6.07, 6.45) is -1.26. The van der Waals surface area contributed by atoms with Crippen molar-refractivity contribution in [1.82, 2.24) is 4.98 Å². The minimum absolute atomic E-state index is 0.174. The number of pyridine rings is 1. The third-order valence-electron chi connectivity index (χ3n) is 2.20. The van der Waals surface area contributed by atoms with Crippen molar-refractivity contribution in [2.45, 2.75) is 25.2 Å². The summed E-state index contributed by atoms with van der Waals surface area (Å²) >= 11 is 0. The van der Waals surface area contributed by atoms with E-state index < -0.39 is 12.2 Å². The average molecular weight is 223 g/mol. The highest BCUT2D eigenvalue weighted by molar-refractivity contribution is 5.41. The number of nitrogens with two attached hydrogens (primary N) is 1. The van der Waals surface area contributed by atoms with Gasteiger partial charge >= 0.3 is 0 Å². The molecule has 0 amide bonds. The number of nitrogen functional groups attached to an aromatic ring is 1. The largest absolute Gasteiger partial charge is 0.392 e. The van der Waals surface area contributed by atoms with Crippen LogP contribution in [0.15, 0.2) is 12.3 Å². The first-order valence-corrected chi connectivity index (χ1v) is 4.68. The SMILES string of the molecule is N#CCC(O)C(O)c1cnc(N)c(CO)c1. The quantitative estimate of drug-likeness (QED) is 0.543. The Morgan fingerprint density at radius 1 is 1.50 bits per heavy atom. The number of nitrogens with zero attached hydrogens (tertiary/aromatic N) is 2. The maximum atomic E-state index is 9.67. The highest BCUT2D eigenvalue weighted by Gasteiger charge is 2.19. The molecule has 16 heavy (non-hydrogen) atoms. The molecule has 0 aliphatic heterocycles. The van der Waals surface area contributed by atoms with Crippen molar-refractivity contribution in [1.29, 1.82) is 5.26 Å². The molecule has 2 unspecified atom stereocenters. The molecule has 86 valence electrons. The van der Waals surface area contributed by atoms with Crippen molar-refractivity contribution in [2.24, 2.45) is 0 Å². The van der Waals surface area contributed by atoms with Gasteiger partial charge in [0.1, 0.15) is 11.9 Å². The van der Waals surface area contributed by atoms with Gasteiger partial charge in [0, 0.05) is 17.3 Å². The molecule has 5 N–H and O–H groups in total. The van der Waals surface area contributed by atoms with E-state index in [0.717, 1.165) is 0 Å². The van der Waals surface area contributed by atoms with Gasteiger partial charge in [0.05, 0.1) is 25.2 Å². The van der Waals surface area contributed by atoms with Crippen LogP contribution in [0.25, 0.3) is 0 Å². The summed E-state index contributed by atoms with van der Waals surface area (Å²) < 4.78 is 0. The lowest BCUT2D eigenvalue weighted by molar-refractivity contribution is 0.0213. The van der Waals surface area contributed by atoms with Gasteiger partial charge in [-0.2, -0.15) is 5.26 Å². The van der Waals surface area contributed by atoms with E-state index in [2.05, 4.69) is 4.98 Å². The van der Waals surface area contributed by atoms with Crippen LogP contribution in [0, 0.1) is 11.3 Å². The zero-order valence-corrected chi connectivity index (χ0v) is 8.54. The molecule has 2 atom stereocenters. The maximum Gasteiger partial charge on any atom is 0.128 e. The molecule has 0 radical (unpaired) electrons. The Labute approximate surface area is 92.6 Å². The van der Waals surface area contributed by atoms with Crippen molar-refractivity contribution in [3.8, 4) is 6.07 Å². The van der Waals surface area contributed by atoms with Crippen molar-refractivity contribution < 1.29 is 15.3 Å². The van der Waals surface area contributed by atoms with Crippen LogP contribution >= 0.6 is 0 Å². The van der Waals surface area contributed by atoms with Crippen molar-refractivity contribution in [2.75, 3.05) is 5.73 Å². The number of hydrogen-bond acceptors (Lipinski definition) is 6. The minimum atomic E-state index is -1.21. The maximum absolute atomic E-state index is 9.67. The van der Waals surface area contributed by atoms with Crippen LogP contribution < -0.4 is 5.73 Å². The fourth-order valence-corrected chi connectivity index (χ4v) is 1.26. The molecule has 6 nitrogen and oxygen atoms in total. The van der Waals surface area contributed by atoms with Crippen molar-refractivity contribution in [3.63, 3.8) is 0 Å². The first-order chi connectivity index (χ1) is 7.60. The fourth-order valence-electron chi connectivity index (χ4n) is 1.26. The predicted octanol–water partition coefficient (Wildman–Crippen LogP) is -0.536. The highest BCUT2D eigenvalue weighted by Crippen LogP contribution is 2.21. The van der Waals surface area contributed by atoms with Crippen LogP contribution in [0.2, 0.25) is 0 Å². The summed E-state index contributed by atoms with van der Waals surface area (Å²) in [5.41, 5.74) is 6.16. The van der Waals surface area contributed by atoms with Gasteiger partial charge in [-0.3, -0.25) is 0 Å². The van der Waals surface area contributed by atoms with Crippen LogP contribution in [0.3, 0.4) is 0 Å². The number of aromatic nitrogens is 1. The van der Waals surface area contributed by atoms with E-state index in [4.69, 9.17) is 16.1 Å². The van der Waals surface area contributed by atoms with Crippen LogP contribution in [-0.4, -0.2) is 26.4 Å². The molecule has 1 rings (SSSR count). The van der Waals surface area contributed by atoms with Gasteiger partial charge in [0.25, 0.3) is 0 Å². The van der Waals surface area contributed by atoms with Crippen molar-refractivity contribution >= 4 is 5.82 Å². The molecule has 1 aromatic heterocycles. The first kappa shape index (κ1) is 12.4. The second-order valence-electron chi connectivity index (χ2n) is 3.35. The number of hydrogen-bond donors (Lipinski definition) is 4. The molecule has 0 bridgehead atoms. The summed E-state index contributed by atoms with van der Waals surface area (Å²) in [7, 11) is 0. The van der Waals surface area contributed by atoms with Crippen LogP contribution in [-0.2, 0) is 6.61 Å².